The van der Waals surface area contributed by atoms with Crippen LogP contribution < -0.4 is 20.3 Å². The predicted molar refractivity (Wildman–Crippen MR) is 99.0 cm³/mol. The van der Waals surface area contributed by atoms with E-state index in [9.17, 15) is 9.59 Å². The molecule has 1 aliphatic rings. The molecule has 3 rings (SSSR count). The van der Waals surface area contributed by atoms with Crippen molar-refractivity contribution in [1.29, 1.82) is 0 Å². The summed E-state index contributed by atoms with van der Waals surface area (Å²) in [6, 6.07) is 14.0. The topological polar surface area (TPSA) is 79.9 Å². The summed E-state index contributed by atoms with van der Waals surface area (Å²) in [4.78, 5) is 25.9. The van der Waals surface area contributed by atoms with Gasteiger partial charge in [0.15, 0.2) is 0 Å². The number of nitrogens with one attached hydrogen (secondary N) is 2. The number of hydrogen-bond donors (Lipinski definition) is 2. The van der Waals surface area contributed by atoms with Gasteiger partial charge >= 0.3 is 6.03 Å². The van der Waals surface area contributed by atoms with Gasteiger partial charge in [-0.3, -0.25) is 9.69 Å². The molecular formula is C19H21N3O4. The van der Waals surface area contributed by atoms with Crippen LogP contribution in [0.1, 0.15) is 10.4 Å². The number of methoxy groups -OCH3 is 1. The minimum Gasteiger partial charge on any atom is -0.491 e. The third-order valence-electron chi connectivity index (χ3n) is 3.92. The van der Waals surface area contributed by atoms with Gasteiger partial charge in [0.25, 0.3) is 5.91 Å². The lowest BCUT2D eigenvalue weighted by Gasteiger charge is -2.15. The number of benzene rings is 2. The van der Waals surface area contributed by atoms with Crippen LogP contribution in [-0.2, 0) is 4.74 Å². The van der Waals surface area contributed by atoms with Gasteiger partial charge in [0.1, 0.15) is 12.4 Å². The summed E-state index contributed by atoms with van der Waals surface area (Å²) in [5.41, 5.74) is 1.81. The molecule has 0 bridgehead atoms. The lowest BCUT2D eigenvalue weighted by Crippen LogP contribution is -2.27. The van der Waals surface area contributed by atoms with E-state index >= 15 is 0 Å². The van der Waals surface area contributed by atoms with Crippen LogP contribution >= 0.6 is 0 Å². The molecule has 1 saturated heterocycles. The quantitative estimate of drug-likeness (QED) is 0.748. The summed E-state index contributed by atoms with van der Waals surface area (Å²) in [5.74, 6) is 0.405. The van der Waals surface area contributed by atoms with Crippen LogP contribution in [0.4, 0.5) is 16.2 Å². The second-order valence-corrected chi connectivity index (χ2v) is 5.76. The Hall–Kier alpha value is -3.06. The van der Waals surface area contributed by atoms with E-state index < -0.39 is 0 Å². The van der Waals surface area contributed by atoms with Crippen molar-refractivity contribution in [3.8, 4) is 5.75 Å². The van der Waals surface area contributed by atoms with Gasteiger partial charge in [-0.05, 0) is 30.3 Å². The fourth-order valence-electron chi connectivity index (χ4n) is 2.64. The lowest BCUT2D eigenvalue weighted by atomic mass is 10.1. The maximum Gasteiger partial charge on any atom is 0.321 e. The first kappa shape index (κ1) is 17.8. The Kier molecular flexibility index (Phi) is 5.70. The van der Waals surface area contributed by atoms with E-state index in [1.165, 1.54) is 0 Å². The van der Waals surface area contributed by atoms with Crippen LogP contribution in [0, 0.1) is 0 Å². The molecule has 2 N–H and O–H groups in total. The summed E-state index contributed by atoms with van der Waals surface area (Å²) in [6.07, 6.45) is 0. The van der Waals surface area contributed by atoms with Gasteiger partial charge in [-0.1, -0.05) is 12.1 Å². The molecule has 0 aliphatic carbocycles. The van der Waals surface area contributed by atoms with Crippen molar-refractivity contribution in [2.45, 2.75) is 0 Å². The first-order valence-electron chi connectivity index (χ1n) is 8.36. The average Bonchev–Trinajstić information content (AvgIpc) is 3.08. The molecule has 1 aliphatic heterocycles. The minimum absolute atomic E-state index is 0.150. The fourth-order valence-corrected chi connectivity index (χ4v) is 2.64. The van der Waals surface area contributed by atoms with E-state index in [4.69, 9.17) is 9.47 Å². The van der Waals surface area contributed by atoms with Crippen LogP contribution in [0.25, 0.3) is 0 Å². The molecule has 0 radical (unpaired) electrons. The largest absolute Gasteiger partial charge is 0.491 e. The first-order valence-corrected chi connectivity index (χ1v) is 8.36. The predicted octanol–water partition coefficient (Wildman–Crippen LogP) is 2.49. The molecule has 2 aromatic rings. The monoisotopic (exact) mass is 355 g/mol. The van der Waals surface area contributed by atoms with Gasteiger partial charge < -0.3 is 20.1 Å². The van der Waals surface area contributed by atoms with Crippen molar-refractivity contribution in [3.63, 3.8) is 0 Å². The Labute approximate surface area is 151 Å². The molecule has 0 saturated carbocycles. The summed E-state index contributed by atoms with van der Waals surface area (Å²) in [6.45, 7) is 2.12. The Morgan fingerprint density at radius 1 is 1.19 bits per heavy atom. The van der Waals surface area contributed by atoms with Crippen molar-refractivity contribution in [3.05, 3.63) is 54.1 Å². The SMILES string of the molecule is COCCOc1cccc(NC(=O)c2cccc(N3CCNC3=O)c2)c1. The summed E-state index contributed by atoms with van der Waals surface area (Å²) >= 11 is 0. The van der Waals surface area contributed by atoms with E-state index in [-0.39, 0.29) is 11.9 Å². The molecule has 0 aromatic heterocycles. The zero-order valence-electron chi connectivity index (χ0n) is 14.5. The van der Waals surface area contributed by atoms with E-state index in [1.54, 1.807) is 42.3 Å². The van der Waals surface area contributed by atoms with Crippen LogP contribution in [0.15, 0.2) is 48.5 Å². The molecule has 2 aromatic carbocycles. The van der Waals surface area contributed by atoms with E-state index in [0.717, 1.165) is 0 Å². The Bertz CT molecular complexity index is 794. The van der Waals surface area contributed by atoms with Crippen LogP contribution in [-0.4, -0.2) is 45.4 Å². The summed E-state index contributed by atoms with van der Waals surface area (Å²) < 4.78 is 10.5. The highest BCUT2D eigenvalue weighted by atomic mass is 16.5. The number of carbonyl (C=O) groups excluding carboxylic acids is 2. The third kappa shape index (κ3) is 4.31. The van der Waals surface area contributed by atoms with Crippen LogP contribution in [0.3, 0.4) is 0 Å². The number of hydrogen-bond acceptors (Lipinski definition) is 4. The zero-order chi connectivity index (χ0) is 18.4. The highest BCUT2D eigenvalue weighted by Gasteiger charge is 2.21. The fraction of sp³-hybridized carbons (Fsp3) is 0.263. The van der Waals surface area contributed by atoms with Gasteiger partial charge in [0, 0.05) is 43.2 Å². The summed E-state index contributed by atoms with van der Waals surface area (Å²) in [7, 11) is 1.61. The zero-order valence-corrected chi connectivity index (χ0v) is 14.5. The number of ether oxygens (including phenoxy) is 2. The first-order chi connectivity index (χ1) is 12.7. The van der Waals surface area contributed by atoms with Gasteiger partial charge in [0.2, 0.25) is 0 Å². The molecule has 136 valence electrons. The van der Waals surface area contributed by atoms with Crippen molar-refractivity contribution < 1.29 is 19.1 Å². The van der Waals surface area contributed by atoms with Crippen LogP contribution in [0.2, 0.25) is 0 Å². The molecule has 26 heavy (non-hydrogen) atoms. The Morgan fingerprint density at radius 2 is 2.04 bits per heavy atom. The molecular weight excluding hydrogens is 334 g/mol. The molecule has 3 amide bonds. The van der Waals surface area contributed by atoms with Crippen molar-refractivity contribution in [2.75, 3.05) is 43.6 Å². The normalized spacial score (nSPS) is 13.4. The van der Waals surface area contributed by atoms with E-state index in [2.05, 4.69) is 10.6 Å². The third-order valence-corrected chi connectivity index (χ3v) is 3.92. The number of rotatable bonds is 7. The number of nitrogens with zero attached hydrogens (tertiary/aromatic N) is 1. The van der Waals surface area contributed by atoms with Crippen molar-refractivity contribution >= 4 is 23.3 Å². The number of carbonyl (C=O) groups is 2. The average molecular weight is 355 g/mol. The molecule has 7 nitrogen and oxygen atoms in total. The van der Waals surface area contributed by atoms with Gasteiger partial charge in [-0.15, -0.1) is 0 Å². The van der Waals surface area contributed by atoms with Gasteiger partial charge in [-0.25, -0.2) is 4.79 Å². The molecule has 7 heteroatoms. The number of amides is 3. The molecule has 0 atom stereocenters. The maximum absolute atomic E-state index is 12.5. The minimum atomic E-state index is -0.250. The van der Waals surface area contributed by atoms with Gasteiger partial charge in [0.05, 0.1) is 6.61 Å². The van der Waals surface area contributed by atoms with E-state index in [0.29, 0.717) is 49.0 Å². The molecule has 1 heterocycles. The van der Waals surface area contributed by atoms with Crippen LogP contribution in [0.5, 0.6) is 5.75 Å². The highest BCUT2D eigenvalue weighted by molar-refractivity contribution is 6.05. The smallest absolute Gasteiger partial charge is 0.321 e. The number of urea groups is 1. The standard InChI is InChI=1S/C19H21N3O4/c1-25-10-11-26-17-7-3-5-15(13-17)21-18(23)14-4-2-6-16(12-14)22-9-8-20-19(22)24/h2-7,12-13H,8-11H2,1H3,(H,20,24)(H,21,23). The summed E-state index contributed by atoms with van der Waals surface area (Å²) in [5, 5.41) is 5.60. The second-order valence-electron chi connectivity index (χ2n) is 5.76. The van der Waals surface area contributed by atoms with Gasteiger partial charge in [-0.2, -0.15) is 0 Å². The number of anilines is 2. The Balaban J connectivity index is 1.68. The molecule has 1 fully saturated rings. The van der Waals surface area contributed by atoms with Crippen molar-refractivity contribution in [1.82, 2.24) is 5.32 Å². The Morgan fingerprint density at radius 3 is 2.81 bits per heavy atom. The molecule has 0 spiro atoms. The second kappa shape index (κ2) is 8.35. The molecule has 0 unspecified atom stereocenters. The van der Waals surface area contributed by atoms with Crippen molar-refractivity contribution in [2.24, 2.45) is 0 Å². The maximum atomic E-state index is 12.5. The lowest BCUT2D eigenvalue weighted by molar-refractivity contribution is 0.102. The highest BCUT2D eigenvalue weighted by Crippen LogP contribution is 2.21. The van der Waals surface area contributed by atoms with E-state index in [1.807, 2.05) is 18.2 Å².